The molecular weight excluding hydrogens is 534 g/mol. The first-order valence-electron chi connectivity index (χ1n) is 15.2. The van der Waals surface area contributed by atoms with Crippen molar-refractivity contribution in [2.75, 3.05) is 19.6 Å². The van der Waals surface area contributed by atoms with E-state index in [1.165, 1.54) is 41.9 Å². The number of thiophene rings is 1. The molecule has 1 aliphatic carbocycles. The Morgan fingerprint density at radius 3 is 2.56 bits per heavy atom. The molecular formula is C32H43N5O3S. The van der Waals surface area contributed by atoms with Gasteiger partial charge in [-0.1, -0.05) is 37.5 Å². The highest BCUT2D eigenvalue weighted by Gasteiger charge is 2.26. The van der Waals surface area contributed by atoms with Crippen molar-refractivity contribution in [3.63, 3.8) is 0 Å². The molecule has 41 heavy (non-hydrogen) atoms. The summed E-state index contributed by atoms with van der Waals surface area (Å²) in [7, 11) is 0. The third kappa shape index (κ3) is 7.98. The summed E-state index contributed by atoms with van der Waals surface area (Å²) in [6, 6.07) is 11.0. The van der Waals surface area contributed by atoms with Crippen LogP contribution in [0.15, 0.2) is 42.6 Å². The summed E-state index contributed by atoms with van der Waals surface area (Å²) in [5, 5.41) is 9.81. The van der Waals surface area contributed by atoms with Gasteiger partial charge in [0, 0.05) is 59.3 Å². The summed E-state index contributed by atoms with van der Waals surface area (Å²) in [5.74, 6) is -0.00377. The molecule has 2 fully saturated rings. The molecule has 0 spiro atoms. The maximum absolute atomic E-state index is 13.3. The van der Waals surface area contributed by atoms with Gasteiger partial charge in [-0.2, -0.15) is 0 Å². The predicted molar refractivity (Wildman–Crippen MR) is 164 cm³/mol. The average molecular weight is 578 g/mol. The van der Waals surface area contributed by atoms with Crippen LogP contribution in [0.4, 0.5) is 0 Å². The van der Waals surface area contributed by atoms with E-state index >= 15 is 0 Å². The fourth-order valence-corrected chi connectivity index (χ4v) is 7.31. The number of aromatic nitrogens is 1. The van der Waals surface area contributed by atoms with Gasteiger partial charge in [0.25, 0.3) is 0 Å². The number of aromatic amines is 1. The maximum Gasteiger partial charge on any atom is 0.242 e. The van der Waals surface area contributed by atoms with Gasteiger partial charge in [-0.15, -0.1) is 11.3 Å². The number of hydrogen-bond donors (Lipinski definition) is 4. The van der Waals surface area contributed by atoms with Crippen molar-refractivity contribution in [1.82, 2.24) is 25.8 Å². The first-order valence-corrected chi connectivity index (χ1v) is 16.0. The molecule has 0 unspecified atom stereocenters. The number of hydrogen-bond acceptors (Lipinski definition) is 5. The molecule has 8 nitrogen and oxygen atoms in total. The zero-order chi connectivity index (χ0) is 28.6. The van der Waals surface area contributed by atoms with Crippen LogP contribution in [0, 0.1) is 0 Å². The van der Waals surface area contributed by atoms with Crippen LogP contribution in [0.1, 0.15) is 79.5 Å². The van der Waals surface area contributed by atoms with E-state index in [-0.39, 0.29) is 17.7 Å². The van der Waals surface area contributed by atoms with Crippen LogP contribution < -0.4 is 16.0 Å². The van der Waals surface area contributed by atoms with Crippen molar-refractivity contribution in [2.24, 2.45) is 0 Å². The third-order valence-electron chi connectivity index (χ3n) is 8.40. The van der Waals surface area contributed by atoms with Crippen molar-refractivity contribution in [1.29, 1.82) is 0 Å². The fraction of sp³-hybridized carbons (Fsp3) is 0.531. The lowest BCUT2D eigenvalue weighted by Gasteiger charge is -2.22. The molecule has 1 saturated heterocycles. The standard InChI is InChI=1S/C32H43N5O3S/c1-22-31(39)36-28(19-24-20-34-27-12-6-5-11-26(24)27)32(40)33-16-8-18-37(17-7-13-30(38)35-22)21-25-14-15-29(41-25)23-9-3-2-4-10-23/h5-6,11-12,14-15,20,22-23,28,34H,2-4,7-10,13,16-19,21H2,1H3,(H,33,40)(H,35,38)(H,36,39)/t22-,28+/m0/s1. The summed E-state index contributed by atoms with van der Waals surface area (Å²) >= 11 is 1.94. The lowest BCUT2D eigenvalue weighted by atomic mass is 9.88. The molecule has 0 bridgehead atoms. The van der Waals surface area contributed by atoms with Crippen LogP contribution in [0.25, 0.3) is 10.9 Å². The number of amides is 3. The van der Waals surface area contributed by atoms with Gasteiger partial charge in [-0.05, 0) is 68.8 Å². The van der Waals surface area contributed by atoms with Gasteiger partial charge in [0.05, 0.1) is 0 Å². The molecule has 0 radical (unpaired) electrons. The Morgan fingerprint density at radius 1 is 0.902 bits per heavy atom. The molecule has 3 heterocycles. The highest BCUT2D eigenvalue weighted by atomic mass is 32.1. The number of carbonyl (C=O) groups excluding carboxylic acids is 3. The van der Waals surface area contributed by atoms with Crippen LogP contribution in [0.2, 0.25) is 0 Å². The highest BCUT2D eigenvalue weighted by molar-refractivity contribution is 7.12. The highest BCUT2D eigenvalue weighted by Crippen LogP contribution is 2.36. The molecule has 5 rings (SSSR count). The zero-order valence-electron chi connectivity index (χ0n) is 24.0. The van der Waals surface area contributed by atoms with Gasteiger partial charge >= 0.3 is 0 Å². The second-order valence-corrected chi connectivity index (χ2v) is 12.8. The molecule has 1 saturated carbocycles. The molecule has 2 aromatic heterocycles. The van der Waals surface area contributed by atoms with Gasteiger partial charge in [0.15, 0.2) is 0 Å². The van der Waals surface area contributed by atoms with Gasteiger partial charge < -0.3 is 20.9 Å². The van der Waals surface area contributed by atoms with Crippen LogP contribution in [0.3, 0.4) is 0 Å². The van der Waals surface area contributed by atoms with Gasteiger partial charge in [-0.3, -0.25) is 19.3 Å². The summed E-state index contributed by atoms with van der Waals surface area (Å²) in [6.45, 7) is 4.67. The van der Waals surface area contributed by atoms with Crippen molar-refractivity contribution in [3.05, 3.63) is 57.9 Å². The SMILES string of the molecule is C[C@@H]1NC(=O)CCCN(Cc2ccc(C3CCCCC3)s2)CCCNC(=O)[C@@H](Cc2c[nH]c3ccccc23)NC1=O. The number of benzene rings is 1. The van der Waals surface area contributed by atoms with E-state index in [1.54, 1.807) is 6.92 Å². The molecule has 1 aliphatic heterocycles. The first-order chi connectivity index (χ1) is 20.0. The second kappa shape index (κ2) is 14.1. The van der Waals surface area contributed by atoms with E-state index < -0.39 is 12.1 Å². The van der Waals surface area contributed by atoms with E-state index in [9.17, 15) is 14.4 Å². The second-order valence-electron chi connectivity index (χ2n) is 11.6. The number of H-pyrrole nitrogens is 1. The Morgan fingerprint density at radius 2 is 1.71 bits per heavy atom. The normalized spacial score (nSPS) is 22.9. The lowest BCUT2D eigenvalue weighted by Crippen LogP contribution is -2.53. The smallest absolute Gasteiger partial charge is 0.242 e. The Balaban J connectivity index is 1.25. The number of nitrogens with one attached hydrogen (secondary N) is 4. The summed E-state index contributed by atoms with van der Waals surface area (Å²) in [5.41, 5.74) is 1.95. The van der Waals surface area contributed by atoms with Crippen LogP contribution >= 0.6 is 11.3 Å². The van der Waals surface area contributed by atoms with E-state index in [4.69, 9.17) is 0 Å². The van der Waals surface area contributed by atoms with E-state index in [0.717, 1.165) is 48.9 Å². The minimum atomic E-state index is -0.744. The predicted octanol–water partition coefficient (Wildman–Crippen LogP) is 4.61. The topological polar surface area (TPSA) is 106 Å². The minimum Gasteiger partial charge on any atom is -0.361 e. The van der Waals surface area contributed by atoms with E-state index in [0.29, 0.717) is 25.3 Å². The average Bonchev–Trinajstić information content (AvgIpc) is 3.62. The molecule has 9 heteroatoms. The summed E-state index contributed by atoms with van der Waals surface area (Å²) < 4.78 is 0. The molecule has 4 N–H and O–H groups in total. The van der Waals surface area contributed by atoms with E-state index in [2.05, 4.69) is 38.0 Å². The lowest BCUT2D eigenvalue weighted by molar-refractivity contribution is -0.131. The van der Waals surface area contributed by atoms with Crippen molar-refractivity contribution < 1.29 is 14.4 Å². The Bertz CT molecular complexity index is 1330. The maximum atomic E-state index is 13.3. The number of fused-ring (bicyclic) bond motifs is 1. The van der Waals surface area contributed by atoms with Crippen LogP contribution in [-0.4, -0.2) is 59.3 Å². The fourth-order valence-electron chi connectivity index (χ4n) is 6.08. The summed E-state index contributed by atoms with van der Waals surface area (Å²) in [6.07, 6.45) is 10.8. The van der Waals surface area contributed by atoms with Crippen molar-refractivity contribution in [3.8, 4) is 0 Å². The molecule has 1 aromatic carbocycles. The van der Waals surface area contributed by atoms with Crippen LogP contribution in [0.5, 0.6) is 0 Å². The Hall–Kier alpha value is -3.17. The molecule has 2 aliphatic rings. The van der Waals surface area contributed by atoms with Crippen molar-refractivity contribution >= 4 is 40.0 Å². The number of rotatable bonds is 5. The van der Waals surface area contributed by atoms with Gasteiger partial charge in [0.2, 0.25) is 17.7 Å². The molecule has 3 aromatic rings. The van der Waals surface area contributed by atoms with Crippen LogP contribution in [-0.2, 0) is 27.3 Å². The molecule has 2 atom stereocenters. The Labute approximate surface area is 246 Å². The number of para-hydroxylation sites is 1. The van der Waals surface area contributed by atoms with E-state index in [1.807, 2.05) is 41.8 Å². The Kier molecular flexibility index (Phi) is 10.1. The largest absolute Gasteiger partial charge is 0.361 e. The molecule has 220 valence electrons. The van der Waals surface area contributed by atoms with Gasteiger partial charge in [-0.25, -0.2) is 0 Å². The van der Waals surface area contributed by atoms with Crippen molar-refractivity contribution in [2.45, 2.75) is 89.3 Å². The number of nitrogens with zero attached hydrogens (tertiary/aromatic N) is 1. The summed E-state index contributed by atoms with van der Waals surface area (Å²) in [4.78, 5) is 47.5. The first kappa shape index (κ1) is 29.3. The zero-order valence-corrected chi connectivity index (χ0v) is 24.9. The third-order valence-corrected chi connectivity index (χ3v) is 9.63. The number of carbonyl (C=O) groups is 3. The van der Waals surface area contributed by atoms with Gasteiger partial charge in [0.1, 0.15) is 12.1 Å². The monoisotopic (exact) mass is 577 g/mol. The molecule has 3 amide bonds. The quantitative estimate of drug-likeness (QED) is 0.355. The minimum absolute atomic E-state index is 0.143.